The van der Waals surface area contributed by atoms with Crippen LogP contribution < -0.4 is 9.47 Å². The molecule has 0 saturated heterocycles. The fraction of sp³-hybridized carbons (Fsp3) is 0.611. The third-order valence-electron chi connectivity index (χ3n) is 5.18. The normalized spacial score (nSPS) is 28.4. The number of carbonyl (C=O) groups excluding carboxylic acids is 1. The number of hydrogen-bond acceptors (Lipinski definition) is 3. The molecule has 3 heteroatoms. The molecule has 1 aliphatic heterocycles. The van der Waals surface area contributed by atoms with Gasteiger partial charge in [-0.1, -0.05) is 13.8 Å². The van der Waals surface area contributed by atoms with Gasteiger partial charge in [-0.2, -0.15) is 0 Å². The fourth-order valence-electron chi connectivity index (χ4n) is 3.71. The number of ether oxygens (including phenoxy) is 2. The molecule has 2 aliphatic rings. The van der Waals surface area contributed by atoms with Gasteiger partial charge in [0.2, 0.25) is 0 Å². The summed E-state index contributed by atoms with van der Waals surface area (Å²) >= 11 is 0. The first-order valence-electron chi connectivity index (χ1n) is 7.93. The van der Waals surface area contributed by atoms with Crippen molar-refractivity contribution in [2.45, 2.75) is 51.6 Å². The standard InChI is InChI=1S/C18H24O3/c1-12(2)13-6-8-18(9-7-13)11-16(19)15-10-14(20-3)4-5-17(15)21-18/h4-5,10,12-13H,6-9,11H2,1-3H3. The second kappa shape index (κ2) is 5.36. The van der Waals surface area contributed by atoms with Gasteiger partial charge in [-0.05, 0) is 55.7 Å². The maximum absolute atomic E-state index is 12.5. The third kappa shape index (κ3) is 2.66. The second-order valence-electron chi connectivity index (χ2n) is 6.83. The fourth-order valence-corrected chi connectivity index (χ4v) is 3.71. The van der Waals surface area contributed by atoms with E-state index < -0.39 is 0 Å². The molecule has 1 heterocycles. The Labute approximate surface area is 126 Å². The number of methoxy groups -OCH3 is 1. The minimum atomic E-state index is -0.260. The van der Waals surface area contributed by atoms with Crippen LogP contribution in [0.5, 0.6) is 11.5 Å². The summed E-state index contributed by atoms with van der Waals surface area (Å²) in [4.78, 5) is 12.5. The molecule has 0 bridgehead atoms. The minimum absolute atomic E-state index is 0.193. The van der Waals surface area contributed by atoms with Crippen LogP contribution in [-0.2, 0) is 0 Å². The van der Waals surface area contributed by atoms with E-state index in [9.17, 15) is 4.79 Å². The van der Waals surface area contributed by atoms with Gasteiger partial charge in [-0.25, -0.2) is 0 Å². The van der Waals surface area contributed by atoms with Crippen molar-refractivity contribution < 1.29 is 14.3 Å². The Hall–Kier alpha value is -1.51. The Bertz CT molecular complexity index is 539. The maximum atomic E-state index is 12.5. The lowest BCUT2D eigenvalue weighted by Gasteiger charge is -2.43. The molecule has 3 rings (SSSR count). The van der Waals surface area contributed by atoms with Crippen LogP contribution in [0.3, 0.4) is 0 Å². The molecule has 1 aromatic carbocycles. The highest BCUT2D eigenvalue weighted by Gasteiger charge is 2.43. The van der Waals surface area contributed by atoms with Crippen molar-refractivity contribution in [2.75, 3.05) is 7.11 Å². The molecular weight excluding hydrogens is 264 g/mol. The summed E-state index contributed by atoms with van der Waals surface area (Å²) in [6.45, 7) is 4.58. The predicted octanol–water partition coefficient (Wildman–Crippen LogP) is 4.25. The first-order chi connectivity index (χ1) is 10.0. The van der Waals surface area contributed by atoms with Crippen molar-refractivity contribution in [3.8, 4) is 11.5 Å². The molecule has 0 amide bonds. The number of fused-ring (bicyclic) bond motifs is 1. The number of rotatable bonds is 2. The first-order valence-corrected chi connectivity index (χ1v) is 7.93. The molecule has 0 unspecified atom stereocenters. The number of ketones is 1. The lowest BCUT2D eigenvalue weighted by Crippen LogP contribution is -2.45. The van der Waals surface area contributed by atoms with Gasteiger partial charge in [0.1, 0.15) is 17.1 Å². The molecule has 1 aliphatic carbocycles. The molecule has 0 atom stereocenters. The highest BCUT2D eigenvalue weighted by atomic mass is 16.5. The summed E-state index contributed by atoms with van der Waals surface area (Å²) in [6, 6.07) is 5.54. The Morgan fingerprint density at radius 3 is 2.62 bits per heavy atom. The zero-order valence-corrected chi connectivity index (χ0v) is 13.1. The predicted molar refractivity (Wildman–Crippen MR) is 82.1 cm³/mol. The smallest absolute Gasteiger partial charge is 0.170 e. The van der Waals surface area contributed by atoms with E-state index in [1.807, 2.05) is 12.1 Å². The van der Waals surface area contributed by atoms with Gasteiger partial charge in [0.15, 0.2) is 5.78 Å². The molecular formula is C18H24O3. The van der Waals surface area contributed by atoms with E-state index in [0.29, 0.717) is 17.7 Å². The van der Waals surface area contributed by atoms with Crippen molar-refractivity contribution in [2.24, 2.45) is 11.8 Å². The first kappa shape index (κ1) is 14.4. The highest BCUT2D eigenvalue weighted by molar-refractivity contribution is 6.00. The summed E-state index contributed by atoms with van der Waals surface area (Å²) in [5, 5.41) is 0. The Kier molecular flexibility index (Phi) is 3.68. The van der Waals surface area contributed by atoms with Gasteiger partial charge in [0.05, 0.1) is 19.1 Å². The van der Waals surface area contributed by atoms with Crippen LogP contribution in [0.2, 0.25) is 0 Å². The lowest BCUT2D eigenvalue weighted by atomic mass is 9.71. The number of Topliss-reactive ketones (excluding diaryl/α,β-unsaturated/α-hetero) is 1. The molecule has 1 saturated carbocycles. The highest BCUT2D eigenvalue weighted by Crippen LogP contribution is 2.45. The van der Waals surface area contributed by atoms with Crippen molar-refractivity contribution >= 4 is 5.78 Å². The summed E-state index contributed by atoms with van der Waals surface area (Å²) in [5.41, 5.74) is 0.412. The number of hydrogen-bond donors (Lipinski definition) is 0. The Balaban J connectivity index is 1.81. The molecule has 114 valence electrons. The van der Waals surface area contributed by atoms with Crippen molar-refractivity contribution in [3.63, 3.8) is 0 Å². The topological polar surface area (TPSA) is 35.5 Å². The van der Waals surface area contributed by atoms with Crippen LogP contribution in [0.25, 0.3) is 0 Å². The van der Waals surface area contributed by atoms with Crippen molar-refractivity contribution in [3.05, 3.63) is 23.8 Å². The van der Waals surface area contributed by atoms with E-state index in [-0.39, 0.29) is 11.4 Å². The van der Waals surface area contributed by atoms with Gasteiger partial charge < -0.3 is 9.47 Å². The maximum Gasteiger partial charge on any atom is 0.170 e. The van der Waals surface area contributed by atoms with Crippen LogP contribution in [0.1, 0.15) is 56.3 Å². The van der Waals surface area contributed by atoms with Crippen LogP contribution in [0.15, 0.2) is 18.2 Å². The van der Waals surface area contributed by atoms with Crippen LogP contribution in [0, 0.1) is 11.8 Å². The van der Waals surface area contributed by atoms with E-state index in [0.717, 1.165) is 43.3 Å². The molecule has 21 heavy (non-hydrogen) atoms. The summed E-state index contributed by atoms with van der Waals surface area (Å²) in [7, 11) is 1.62. The van der Waals surface area contributed by atoms with Crippen LogP contribution in [0.4, 0.5) is 0 Å². The zero-order chi connectivity index (χ0) is 15.0. The summed E-state index contributed by atoms with van der Waals surface area (Å²) in [6.07, 6.45) is 4.82. The van der Waals surface area contributed by atoms with Gasteiger partial charge in [-0.15, -0.1) is 0 Å². The van der Waals surface area contributed by atoms with Gasteiger partial charge >= 0.3 is 0 Å². The van der Waals surface area contributed by atoms with Gasteiger partial charge in [0, 0.05) is 0 Å². The molecule has 0 N–H and O–H groups in total. The SMILES string of the molecule is COc1ccc2c(c1)C(=O)CC1(CCC(C(C)C)CC1)O2. The molecule has 1 spiro atoms. The summed E-state index contributed by atoms with van der Waals surface area (Å²) in [5.74, 6) is 3.13. The summed E-state index contributed by atoms with van der Waals surface area (Å²) < 4.78 is 11.5. The van der Waals surface area contributed by atoms with E-state index in [1.54, 1.807) is 13.2 Å². The Morgan fingerprint density at radius 2 is 2.00 bits per heavy atom. The van der Waals surface area contributed by atoms with E-state index in [4.69, 9.17) is 9.47 Å². The van der Waals surface area contributed by atoms with Gasteiger partial charge in [0.25, 0.3) is 0 Å². The molecule has 0 radical (unpaired) electrons. The van der Waals surface area contributed by atoms with E-state index in [2.05, 4.69) is 13.8 Å². The van der Waals surface area contributed by atoms with Crippen molar-refractivity contribution in [1.29, 1.82) is 0 Å². The average Bonchev–Trinajstić information content (AvgIpc) is 2.47. The lowest BCUT2D eigenvalue weighted by molar-refractivity contribution is -0.00326. The number of benzene rings is 1. The zero-order valence-electron chi connectivity index (χ0n) is 13.1. The molecule has 1 aromatic rings. The monoisotopic (exact) mass is 288 g/mol. The molecule has 3 nitrogen and oxygen atoms in total. The number of carbonyl (C=O) groups is 1. The quantitative estimate of drug-likeness (QED) is 0.816. The Morgan fingerprint density at radius 1 is 1.29 bits per heavy atom. The van der Waals surface area contributed by atoms with Crippen LogP contribution in [-0.4, -0.2) is 18.5 Å². The second-order valence-corrected chi connectivity index (χ2v) is 6.83. The van der Waals surface area contributed by atoms with Gasteiger partial charge in [-0.3, -0.25) is 4.79 Å². The van der Waals surface area contributed by atoms with Crippen LogP contribution >= 0.6 is 0 Å². The molecule has 0 aromatic heterocycles. The van der Waals surface area contributed by atoms with Crippen molar-refractivity contribution in [1.82, 2.24) is 0 Å². The molecule has 1 fully saturated rings. The van der Waals surface area contributed by atoms with E-state index >= 15 is 0 Å². The van der Waals surface area contributed by atoms with E-state index in [1.165, 1.54) is 0 Å². The average molecular weight is 288 g/mol. The largest absolute Gasteiger partial charge is 0.497 e. The minimum Gasteiger partial charge on any atom is -0.497 e. The third-order valence-corrected chi connectivity index (χ3v) is 5.18.